The van der Waals surface area contributed by atoms with Gasteiger partial charge in [0.2, 0.25) is 0 Å². The van der Waals surface area contributed by atoms with E-state index in [-0.39, 0.29) is 81.1 Å². The fourth-order valence-electron chi connectivity index (χ4n) is 4.70. The van der Waals surface area contributed by atoms with Crippen molar-refractivity contribution < 1.29 is 48.1 Å². The van der Waals surface area contributed by atoms with Crippen LogP contribution in [0.4, 0.5) is 10.5 Å². The summed E-state index contributed by atoms with van der Waals surface area (Å²) >= 11 is 0. The predicted molar refractivity (Wildman–Crippen MR) is 176 cm³/mol. The fraction of sp³-hybridized carbons (Fsp3) is 0.406. The van der Waals surface area contributed by atoms with Gasteiger partial charge in [-0.05, 0) is 31.5 Å². The van der Waals surface area contributed by atoms with Gasteiger partial charge in [0.15, 0.2) is 0 Å². The van der Waals surface area contributed by atoms with E-state index in [0.717, 1.165) is 0 Å². The zero-order chi connectivity index (χ0) is 34.2. The fourth-order valence-corrected chi connectivity index (χ4v) is 4.70. The van der Waals surface area contributed by atoms with Crippen LogP contribution in [-0.4, -0.2) is 93.9 Å². The van der Waals surface area contributed by atoms with Crippen LogP contribution in [0.15, 0.2) is 77.1 Å². The van der Waals surface area contributed by atoms with Crippen molar-refractivity contribution in [2.75, 3.05) is 59.8 Å². The zero-order valence-corrected chi connectivity index (χ0v) is 27.7. The molecule has 48 heavy (non-hydrogen) atoms. The van der Waals surface area contributed by atoms with E-state index in [0.29, 0.717) is 23.6 Å². The Morgan fingerprint density at radius 1 is 1.02 bits per heavy atom. The quantitative estimate of drug-likeness (QED) is 0.0586. The number of aliphatic hydroxyl groups excluding tert-OH is 1. The SMILES string of the molecule is CCOC(=O)C1=C(COCCNC(=O)OCCNCC(O)COc2ccccc2)NC(C)=C(C(=O)OC)C1c1cccc([N+](=O)[O-])c1.Cl. The molecule has 0 saturated heterocycles. The first kappa shape index (κ1) is 39.5. The highest BCUT2D eigenvalue weighted by molar-refractivity contribution is 6.00. The topological polar surface area (TPSA) is 197 Å². The summed E-state index contributed by atoms with van der Waals surface area (Å²) in [5.41, 5.74) is 0.879. The van der Waals surface area contributed by atoms with Crippen molar-refractivity contribution in [3.63, 3.8) is 0 Å². The second-order valence-electron chi connectivity index (χ2n) is 10.2. The number of ether oxygens (including phenoxy) is 5. The number of non-ortho nitro benzene ring substituents is 1. The highest BCUT2D eigenvalue weighted by Crippen LogP contribution is 2.40. The van der Waals surface area contributed by atoms with E-state index in [2.05, 4.69) is 16.0 Å². The molecule has 0 saturated carbocycles. The normalized spacial score (nSPS) is 14.6. The molecule has 16 heteroatoms. The number of nitrogens with zero attached hydrogens (tertiary/aromatic N) is 1. The number of amides is 1. The lowest BCUT2D eigenvalue weighted by Gasteiger charge is -2.31. The summed E-state index contributed by atoms with van der Waals surface area (Å²) in [6, 6.07) is 14.8. The first-order chi connectivity index (χ1) is 22.7. The van der Waals surface area contributed by atoms with Gasteiger partial charge in [-0.3, -0.25) is 10.1 Å². The molecule has 3 rings (SSSR count). The maximum atomic E-state index is 13.2. The van der Waals surface area contributed by atoms with Crippen molar-refractivity contribution in [3.8, 4) is 5.75 Å². The van der Waals surface area contributed by atoms with Gasteiger partial charge in [0.1, 0.15) is 25.1 Å². The van der Waals surface area contributed by atoms with Crippen LogP contribution in [-0.2, 0) is 28.5 Å². The third-order valence-corrected chi connectivity index (χ3v) is 6.80. The predicted octanol–water partition coefficient (Wildman–Crippen LogP) is 2.74. The molecule has 2 atom stereocenters. The van der Waals surface area contributed by atoms with E-state index in [1.165, 1.54) is 25.3 Å². The van der Waals surface area contributed by atoms with Crippen molar-refractivity contribution in [1.82, 2.24) is 16.0 Å². The number of rotatable bonds is 18. The van der Waals surface area contributed by atoms with Crippen LogP contribution in [0.1, 0.15) is 25.3 Å². The molecule has 2 aromatic rings. The van der Waals surface area contributed by atoms with Gasteiger partial charge in [-0.25, -0.2) is 14.4 Å². The number of esters is 2. The van der Waals surface area contributed by atoms with E-state index in [1.54, 1.807) is 32.0 Å². The standard InChI is InChI=1S/C32H40N4O11.ClH/c1-4-45-31(39)29-26(35-21(2)27(30(38)43-3)28(29)22-9-8-10-23(17-22)36(41)42)20-44-15-14-34-32(40)46-16-13-33-18-24(37)19-47-25-11-6-5-7-12-25;/h5-12,17,24,28,33,35,37H,4,13-16,18-20H2,1-3H3,(H,34,40);1H. The number of nitro groups is 1. The number of halogens is 1. The minimum absolute atomic E-state index is 0. The van der Waals surface area contributed by atoms with Crippen molar-refractivity contribution in [3.05, 3.63) is 92.8 Å². The van der Waals surface area contributed by atoms with Gasteiger partial charge in [-0.2, -0.15) is 0 Å². The molecule has 0 bridgehead atoms. The molecule has 1 aliphatic rings. The highest BCUT2D eigenvalue weighted by atomic mass is 35.5. The van der Waals surface area contributed by atoms with Crippen molar-refractivity contribution in [2.45, 2.75) is 25.9 Å². The zero-order valence-electron chi connectivity index (χ0n) is 26.9. The average Bonchev–Trinajstić information content (AvgIpc) is 3.06. The lowest BCUT2D eigenvalue weighted by molar-refractivity contribution is -0.384. The Labute approximate surface area is 284 Å². The molecule has 2 unspecified atom stereocenters. The molecule has 0 aliphatic carbocycles. The average molecular weight is 693 g/mol. The van der Waals surface area contributed by atoms with Gasteiger partial charge in [0.25, 0.3) is 5.69 Å². The molecular formula is C32H41ClN4O11. The Morgan fingerprint density at radius 2 is 1.77 bits per heavy atom. The third kappa shape index (κ3) is 11.8. The lowest BCUT2D eigenvalue weighted by Crippen LogP contribution is -2.36. The molecule has 1 aliphatic heterocycles. The summed E-state index contributed by atoms with van der Waals surface area (Å²) in [7, 11) is 1.20. The van der Waals surface area contributed by atoms with Crippen LogP contribution in [0, 0.1) is 10.1 Å². The Kier molecular flexibility index (Phi) is 16.9. The summed E-state index contributed by atoms with van der Waals surface area (Å²) < 4.78 is 26.6. The number of allylic oxidation sites excluding steroid dienone is 1. The molecule has 0 aromatic heterocycles. The van der Waals surface area contributed by atoms with Gasteiger partial charge in [-0.1, -0.05) is 30.3 Å². The molecule has 262 valence electrons. The molecule has 15 nitrogen and oxygen atoms in total. The van der Waals surface area contributed by atoms with E-state index in [1.807, 2.05) is 18.2 Å². The number of para-hydroxylation sites is 1. The Hall–Kier alpha value is -4.70. The Morgan fingerprint density at radius 3 is 2.46 bits per heavy atom. The first-order valence-corrected chi connectivity index (χ1v) is 14.9. The van der Waals surface area contributed by atoms with E-state index in [9.17, 15) is 29.6 Å². The van der Waals surface area contributed by atoms with Gasteiger partial charge in [0.05, 0.1) is 54.6 Å². The number of alkyl carbamates (subject to hydrolysis) is 1. The van der Waals surface area contributed by atoms with Crippen LogP contribution in [0.2, 0.25) is 0 Å². The number of benzene rings is 2. The van der Waals surface area contributed by atoms with Gasteiger partial charge < -0.3 is 44.7 Å². The molecule has 1 heterocycles. The molecule has 1 amide bonds. The Bertz CT molecular complexity index is 1450. The molecule has 2 aromatic carbocycles. The van der Waals surface area contributed by atoms with Crippen molar-refractivity contribution in [1.29, 1.82) is 0 Å². The van der Waals surface area contributed by atoms with Gasteiger partial charge >= 0.3 is 18.0 Å². The number of methoxy groups -OCH3 is 1. The second kappa shape index (κ2) is 20.5. The Balaban J connectivity index is 0.00000800. The summed E-state index contributed by atoms with van der Waals surface area (Å²) in [5.74, 6) is -1.85. The summed E-state index contributed by atoms with van der Waals surface area (Å²) in [6.07, 6.45) is -1.41. The third-order valence-electron chi connectivity index (χ3n) is 6.80. The maximum Gasteiger partial charge on any atom is 0.407 e. The largest absolute Gasteiger partial charge is 0.491 e. The summed E-state index contributed by atoms with van der Waals surface area (Å²) in [4.78, 5) is 49.1. The van der Waals surface area contributed by atoms with Crippen molar-refractivity contribution >= 4 is 36.1 Å². The highest BCUT2D eigenvalue weighted by Gasteiger charge is 2.39. The van der Waals surface area contributed by atoms with Crippen LogP contribution in [0.25, 0.3) is 0 Å². The van der Waals surface area contributed by atoms with Gasteiger partial charge in [0, 0.05) is 37.5 Å². The van der Waals surface area contributed by atoms with E-state index >= 15 is 0 Å². The number of nitrogens with one attached hydrogen (secondary N) is 3. The molecule has 0 spiro atoms. The molecule has 0 radical (unpaired) electrons. The van der Waals surface area contributed by atoms with Crippen LogP contribution < -0.4 is 20.7 Å². The van der Waals surface area contributed by atoms with Crippen LogP contribution in [0.3, 0.4) is 0 Å². The first-order valence-electron chi connectivity index (χ1n) is 14.9. The van der Waals surface area contributed by atoms with Gasteiger partial charge in [-0.15, -0.1) is 12.4 Å². The number of nitro benzene ring substituents is 1. The van der Waals surface area contributed by atoms with Crippen LogP contribution >= 0.6 is 12.4 Å². The van der Waals surface area contributed by atoms with E-state index < -0.39 is 35.0 Å². The van der Waals surface area contributed by atoms with Crippen molar-refractivity contribution in [2.24, 2.45) is 0 Å². The van der Waals surface area contributed by atoms with E-state index in [4.69, 9.17) is 23.7 Å². The minimum Gasteiger partial charge on any atom is -0.491 e. The monoisotopic (exact) mass is 692 g/mol. The summed E-state index contributed by atoms with van der Waals surface area (Å²) in [6.45, 7) is 4.01. The number of hydrogen-bond acceptors (Lipinski definition) is 13. The molecular weight excluding hydrogens is 652 g/mol. The number of aliphatic hydroxyl groups is 1. The van der Waals surface area contributed by atoms with Crippen LogP contribution in [0.5, 0.6) is 5.75 Å². The summed E-state index contributed by atoms with van der Waals surface area (Å²) in [5, 5.41) is 30.1. The number of dihydropyridines is 1. The number of carbonyl (C=O) groups excluding carboxylic acids is 3. The molecule has 0 fully saturated rings. The lowest BCUT2D eigenvalue weighted by atomic mass is 9.80. The second-order valence-corrected chi connectivity index (χ2v) is 10.2. The smallest absolute Gasteiger partial charge is 0.407 e. The molecule has 4 N–H and O–H groups in total. The number of carbonyl (C=O) groups is 3. The number of hydrogen-bond donors (Lipinski definition) is 4. The maximum absolute atomic E-state index is 13.2. The minimum atomic E-state index is -1.04.